The molecule has 0 aliphatic heterocycles. The second-order valence-electron chi connectivity index (χ2n) is 6.43. The summed E-state index contributed by atoms with van der Waals surface area (Å²) in [7, 11) is 3.14. The number of carboxylic acid groups (broad SMARTS) is 1. The number of Topliss-reactive ketones (excluding diaryl/α,β-unsaturated/α-hetero) is 1. The molecular formula is C22H21NO5S. The zero-order chi connectivity index (χ0) is 20.8. The molecule has 0 fully saturated rings. The van der Waals surface area contributed by atoms with Gasteiger partial charge in [-0.2, -0.15) is 0 Å². The van der Waals surface area contributed by atoms with E-state index in [1.165, 1.54) is 11.3 Å². The van der Waals surface area contributed by atoms with Crippen molar-refractivity contribution in [2.24, 2.45) is 0 Å². The maximum Gasteiger partial charge on any atom is 0.311 e. The first-order valence-corrected chi connectivity index (χ1v) is 9.86. The number of aliphatic carboxylic acids is 1. The van der Waals surface area contributed by atoms with Crippen molar-refractivity contribution >= 4 is 23.1 Å². The molecule has 29 heavy (non-hydrogen) atoms. The van der Waals surface area contributed by atoms with Crippen LogP contribution < -0.4 is 9.47 Å². The van der Waals surface area contributed by atoms with Crippen molar-refractivity contribution in [3.05, 3.63) is 65.2 Å². The summed E-state index contributed by atoms with van der Waals surface area (Å²) >= 11 is 1.42. The highest BCUT2D eigenvalue weighted by atomic mass is 32.1. The highest BCUT2D eigenvalue weighted by Crippen LogP contribution is 2.33. The summed E-state index contributed by atoms with van der Waals surface area (Å²) in [5, 5.41) is 12.1. The number of benzene rings is 2. The van der Waals surface area contributed by atoms with Crippen LogP contribution in [0.4, 0.5) is 0 Å². The van der Waals surface area contributed by atoms with E-state index in [2.05, 4.69) is 4.98 Å². The lowest BCUT2D eigenvalue weighted by Gasteiger charge is -2.11. The van der Waals surface area contributed by atoms with Crippen molar-refractivity contribution in [3.8, 4) is 22.1 Å². The fourth-order valence-electron chi connectivity index (χ4n) is 3.02. The number of aromatic nitrogens is 1. The summed E-state index contributed by atoms with van der Waals surface area (Å²) in [6, 6.07) is 14.3. The number of ketones is 1. The van der Waals surface area contributed by atoms with Crippen LogP contribution in [0.2, 0.25) is 0 Å². The van der Waals surface area contributed by atoms with Crippen molar-refractivity contribution in [3.63, 3.8) is 0 Å². The largest absolute Gasteiger partial charge is 0.493 e. The van der Waals surface area contributed by atoms with Crippen LogP contribution in [0.3, 0.4) is 0 Å². The molecule has 150 valence electrons. The molecule has 1 aromatic heterocycles. The van der Waals surface area contributed by atoms with E-state index in [9.17, 15) is 14.7 Å². The van der Waals surface area contributed by atoms with Gasteiger partial charge in [-0.25, -0.2) is 4.98 Å². The molecule has 1 atom stereocenters. The van der Waals surface area contributed by atoms with Crippen molar-refractivity contribution in [2.45, 2.75) is 18.8 Å². The third kappa shape index (κ3) is 5.00. The Labute approximate surface area is 172 Å². The highest BCUT2D eigenvalue weighted by Gasteiger charge is 2.23. The monoisotopic (exact) mass is 411 g/mol. The number of carbonyl (C=O) groups excluding carboxylic acids is 1. The van der Waals surface area contributed by atoms with Crippen molar-refractivity contribution < 1.29 is 24.2 Å². The van der Waals surface area contributed by atoms with Crippen LogP contribution in [-0.2, 0) is 16.0 Å². The van der Waals surface area contributed by atoms with E-state index in [-0.39, 0.29) is 18.6 Å². The van der Waals surface area contributed by atoms with Gasteiger partial charge in [0, 0.05) is 23.8 Å². The van der Waals surface area contributed by atoms with E-state index < -0.39 is 11.9 Å². The van der Waals surface area contributed by atoms with Gasteiger partial charge in [-0.1, -0.05) is 30.3 Å². The summed E-state index contributed by atoms with van der Waals surface area (Å²) < 4.78 is 10.6. The molecule has 6 nitrogen and oxygen atoms in total. The first kappa shape index (κ1) is 20.5. The van der Waals surface area contributed by atoms with Crippen LogP contribution in [0.25, 0.3) is 10.6 Å². The predicted octanol–water partition coefficient (Wildman–Crippen LogP) is 4.20. The summed E-state index contributed by atoms with van der Waals surface area (Å²) in [5.41, 5.74) is 2.11. The Balaban J connectivity index is 1.71. The average molecular weight is 411 g/mol. The van der Waals surface area contributed by atoms with Crippen LogP contribution in [0.5, 0.6) is 11.5 Å². The van der Waals surface area contributed by atoms with Gasteiger partial charge in [-0.3, -0.25) is 9.59 Å². The number of hydrogen-bond acceptors (Lipinski definition) is 6. The molecule has 1 heterocycles. The number of ether oxygens (including phenoxy) is 2. The van der Waals surface area contributed by atoms with E-state index in [1.807, 2.05) is 23.6 Å². The number of rotatable bonds is 9. The summed E-state index contributed by atoms with van der Waals surface area (Å²) in [6.07, 6.45) is 0.0307. The molecule has 0 saturated heterocycles. The lowest BCUT2D eigenvalue weighted by molar-refractivity contribution is -0.140. The Bertz CT molecular complexity index is 999. The Hall–Kier alpha value is -3.19. The first-order chi connectivity index (χ1) is 14.0. The molecule has 3 aromatic rings. The lowest BCUT2D eigenvalue weighted by atomic mass is 9.93. The average Bonchev–Trinajstić information content (AvgIpc) is 3.20. The molecule has 0 bridgehead atoms. The number of hydrogen-bond donors (Lipinski definition) is 1. The SMILES string of the molecule is COc1ccc(-c2nc(CC(=O)CC(C(=O)O)c3ccccc3)cs2)cc1OC. The molecule has 0 radical (unpaired) electrons. The zero-order valence-electron chi connectivity index (χ0n) is 16.1. The second-order valence-corrected chi connectivity index (χ2v) is 7.29. The fourth-order valence-corrected chi connectivity index (χ4v) is 3.84. The maximum atomic E-state index is 12.5. The molecule has 1 N–H and O–H groups in total. The van der Waals surface area contributed by atoms with E-state index in [4.69, 9.17) is 9.47 Å². The molecule has 0 spiro atoms. The van der Waals surface area contributed by atoms with Gasteiger partial charge in [0.1, 0.15) is 10.8 Å². The van der Waals surface area contributed by atoms with Crippen LogP contribution >= 0.6 is 11.3 Å². The van der Waals surface area contributed by atoms with Gasteiger partial charge in [0.2, 0.25) is 0 Å². The minimum Gasteiger partial charge on any atom is -0.493 e. The number of carbonyl (C=O) groups is 2. The molecule has 3 rings (SSSR count). The Morgan fingerprint density at radius 1 is 1.07 bits per heavy atom. The number of nitrogens with zero attached hydrogens (tertiary/aromatic N) is 1. The number of thiazole rings is 1. The van der Waals surface area contributed by atoms with E-state index >= 15 is 0 Å². The van der Waals surface area contributed by atoms with Crippen molar-refractivity contribution in [2.75, 3.05) is 14.2 Å². The second kappa shape index (κ2) is 9.34. The Morgan fingerprint density at radius 2 is 1.79 bits per heavy atom. The van der Waals surface area contributed by atoms with Gasteiger partial charge >= 0.3 is 5.97 Å². The van der Waals surface area contributed by atoms with Gasteiger partial charge in [0.25, 0.3) is 0 Å². The highest BCUT2D eigenvalue weighted by molar-refractivity contribution is 7.13. The number of methoxy groups -OCH3 is 2. The molecule has 0 aliphatic carbocycles. The summed E-state index contributed by atoms with van der Waals surface area (Å²) in [4.78, 5) is 28.6. The van der Waals surface area contributed by atoms with Crippen molar-refractivity contribution in [1.82, 2.24) is 4.98 Å². The molecule has 2 aromatic carbocycles. The molecule has 0 aliphatic rings. The topological polar surface area (TPSA) is 85.7 Å². The van der Waals surface area contributed by atoms with Gasteiger partial charge in [0.15, 0.2) is 11.5 Å². The molecule has 1 unspecified atom stereocenters. The Kier molecular flexibility index (Phi) is 6.61. The summed E-state index contributed by atoms with van der Waals surface area (Å²) in [5.74, 6) is -0.791. The minimum atomic E-state index is -1.01. The molecular weight excluding hydrogens is 390 g/mol. The van der Waals surface area contributed by atoms with E-state index in [1.54, 1.807) is 44.6 Å². The third-order valence-corrected chi connectivity index (χ3v) is 5.43. The normalized spacial score (nSPS) is 11.7. The zero-order valence-corrected chi connectivity index (χ0v) is 16.9. The number of carboxylic acids is 1. The van der Waals surface area contributed by atoms with Crippen molar-refractivity contribution in [1.29, 1.82) is 0 Å². The van der Waals surface area contributed by atoms with E-state index in [0.29, 0.717) is 22.8 Å². The molecule has 0 amide bonds. The van der Waals surface area contributed by atoms with Crippen LogP contribution in [-0.4, -0.2) is 36.1 Å². The van der Waals surface area contributed by atoms with Crippen LogP contribution in [0, 0.1) is 0 Å². The maximum absolute atomic E-state index is 12.5. The third-order valence-electron chi connectivity index (χ3n) is 4.49. The first-order valence-electron chi connectivity index (χ1n) is 8.98. The molecule has 0 saturated carbocycles. The predicted molar refractivity (Wildman–Crippen MR) is 111 cm³/mol. The smallest absolute Gasteiger partial charge is 0.311 e. The standard InChI is InChI=1S/C22H21NO5S/c1-27-19-9-8-15(10-20(19)28-2)21-23-16(13-29-21)11-17(24)12-18(22(25)26)14-6-4-3-5-7-14/h3-10,13,18H,11-12H2,1-2H3,(H,25,26). The van der Waals surface area contributed by atoms with Gasteiger partial charge < -0.3 is 14.6 Å². The minimum absolute atomic E-state index is 0.0669. The quantitative estimate of drug-likeness (QED) is 0.568. The summed E-state index contributed by atoms with van der Waals surface area (Å²) in [6.45, 7) is 0. The van der Waals surface area contributed by atoms with Crippen LogP contribution in [0.15, 0.2) is 53.9 Å². The van der Waals surface area contributed by atoms with Crippen LogP contribution in [0.1, 0.15) is 23.6 Å². The van der Waals surface area contributed by atoms with Gasteiger partial charge in [-0.05, 0) is 23.8 Å². The fraction of sp³-hybridized carbons (Fsp3) is 0.227. The lowest BCUT2D eigenvalue weighted by Crippen LogP contribution is -2.17. The Morgan fingerprint density at radius 3 is 2.45 bits per heavy atom. The molecule has 7 heteroatoms. The van der Waals surface area contributed by atoms with Gasteiger partial charge in [-0.15, -0.1) is 11.3 Å². The van der Waals surface area contributed by atoms with E-state index in [0.717, 1.165) is 10.6 Å². The van der Waals surface area contributed by atoms with Gasteiger partial charge in [0.05, 0.1) is 25.8 Å².